The molecule has 0 spiro atoms. The van der Waals surface area contributed by atoms with Crippen LogP contribution in [0.3, 0.4) is 0 Å². The lowest BCUT2D eigenvalue weighted by molar-refractivity contribution is -0.303. The molecule has 1 heterocycles. The first-order chi connectivity index (χ1) is 22.8. The Hall–Kier alpha value is -0.490. The molecule has 0 aromatic carbocycles. The third kappa shape index (κ3) is 7.25. The molecule has 17 unspecified atom stereocenters. The normalized spacial score (nSPS) is 48.4. The zero-order valence-corrected chi connectivity index (χ0v) is 30.7. The maximum absolute atomic E-state index is 12.9. The first-order valence-electron chi connectivity index (χ1n) is 18.3. The van der Waals surface area contributed by atoms with Crippen molar-refractivity contribution in [1.82, 2.24) is 0 Å². The average molecular weight is 723 g/mol. The van der Waals surface area contributed by atoms with Crippen molar-refractivity contribution in [3.05, 3.63) is 0 Å². The molecule has 5 fully saturated rings. The predicted molar refractivity (Wildman–Crippen MR) is 177 cm³/mol. The van der Waals surface area contributed by atoms with E-state index < -0.39 is 81.6 Å². The third-order valence-electron chi connectivity index (χ3n) is 14.1. The van der Waals surface area contributed by atoms with Crippen molar-refractivity contribution in [1.29, 1.82) is 0 Å². The number of hydrogen-bond acceptors (Lipinski definition) is 12. The average Bonchev–Trinajstić information content (AvgIpc) is 3.22. The van der Waals surface area contributed by atoms with Crippen molar-refractivity contribution >= 4 is 10.4 Å². The van der Waals surface area contributed by atoms with Gasteiger partial charge in [0.1, 0.15) is 24.4 Å². The molecule has 49 heavy (non-hydrogen) atoms. The van der Waals surface area contributed by atoms with Crippen LogP contribution in [-0.2, 0) is 28.8 Å². The van der Waals surface area contributed by atoms with Gasteiger partial charge in [-0.2, -0.15) is 8.42 Å². The monoisotopic (exact) mass is 722 g/mol. The molecule has 4 aliphatic carbocycles. The van der Waals surface area contributed by atoms with Gasteiger partial charge in [0.2, 0.25) is 0 Å². The van der Waals surface area contributed by atoms with Crippen LogP contribution in [-0.4, -0.2) is 119 Å². The Morgan fingerprint density at radius 1 is 0.918 bits per heavy atom. The molecule has 1 aliphatic heterocycles. The summed E-state index contributed by atoms with van der Waals surface area (Å²) in [5, 5.41) is 66.8. The van der Waals surface area contributed by atoms with Crippen molar-refractivity contribution in [2.45, 2.75) is 147 Å². The van der Waals surface area contributed by atoms with Gasteiger partial charge in [0.05, 0.1) is 30.5 Å². The number of hydrogen-bond donors (Lipinski definition) is 7. The molecule has 0 aromatic rings. The SMILES string of the molecule is COC1C(OC2CCC3(C)C(C2)C(O)CC2(O)C3CCC3(C)C(C(C)CCC(CCO)C(C)C)C(OS(=O)(=O)O)C(O)C32)OCC(O)C1O. The van der Waals surface area contributed by atoms with E-state index in [0.717, 1.165) is 6.42 Å². The van der Waals surface area contributed by atoms with E-state index in [4.69, 9.17) is 18.4 Å². The Morgan fingerprint density at radius 2 is 1.59 bits per heavy atom. The second-order valence-electron chi connectivity index (χ2n) is 17.0. The minimum atomic E-state index is -4.94. The lowest BCUT2D eigenvalue weighted by Crippen LogP contribution is -2.69. The van der Waals surface area contributed by atoms with Crippen LogP contribution in [0.1, 0.15) is 92.4 Å². The van der Waals surface area contributed by atoms with Crippen LogP contribution in [0, 0.1) is 52.3 Å². The minimum absolute atomic E-state index is 0.0148. The Labute approximate surface area is 291 Å². The highest BCUT2D eigenvalue weighted by molar-refractivity contribution is 7.80. The number of aliphatic hydroxyl groups excluding tert-OH is 5. The number of methoxy groups -OCH3 is 1. The summed E-state index contributed by atoms with van der Waals surface area (Å²) in [5.41, 5.74) is -2.83. The highest BCUT2D eigenvalue weighted by atomic mass is 32.3. The van der Waals surface area contributed by atoms with Crippen LogP contribution in [0.5, 0.6) is 0 Å². The summed E-state index contributed by atoms with van der Waals surface area (Å²) >= 11 is 0. The van der Waals surface area contributed by atoms with Crippen LogP contribution in [0.4, 0.5) is 0 Å². The molecule has 5 rings (SSSR count). The van der Waals surface area contributed by atoms with Crippen molar-refractivity contribution < 1.29 is 62.0 Å². The zero-order valence-electron chi connectivity index (χ0n) is 29.9. The molecule has 1 saturated heterocycles. The van der Waals surface area contributed by atoms with Crippen LogP contribution in [0.2, 0.25) is 0 Å². The van der Waals surface area contributed by atoms with Gasteiger partial charge in [0.15, 0.2) is 6.29 Å². The fourth-order valence-corrected chi connectivity index (χ4v) is 12.3. The summed E-state index contributed by atoms with van der Waals surface area (Å²) in [6.07, 6.45) is -3.01. The van der Waals surface area contributed by atoms with Gasteiger partial charge in [0.25, 0.3) is 0 Å². The summed E-state index contributed by atoms with van der Waals surface area (Å²) < 4.78 is 56.9. The Balaban J connectivity index is 1.40. The van der Waals surface area contributed by atoms with Crippen LogP contribution in [0.25, 0.3) is 0 Å². The molecule has 0 radical (unpaired) electrons. The fraction of sp³-hybridized carbons (Fsp3) is 1.00. The number of aliphatic hydroxyl groups is 6. The van der Waals surface area contributed by atoms with Gasteiger partial charge < -0.3 is 44.8 Å². The van der Waals surface area contributed by atoms with E-state index in [9.17, 15) is 43.6 Å². The Morgan fingerprint density at radius 3 is 2.20 bits per heavy atom. The van der Waals surface area contributed by atoms with Gasteiger partial charge in [0, 0.05) is 26.1 Å². The van der Waals surface area contributed by atoms with E-state index >= 15 is 0 Å². The van der Waals surface area contributed by atoms with Crippen LogP contribution >= 0.6 is 0 Å². The first-order valence-corrected chi connectivity index (χ1v) is 19.7. The van der Waals surface area contributed by atoms with Gasteiger partial charge >= 0.3 is 10.4 Å². The van der Waals surface area contributed by atoms with E-state index in [-0.39, 0.29) is 49.4 Å². The largest absolute Gasteiger partial charge is 0.397 e. The fourth-order valence-electron chi connectivity index (χ4n) is 11.8. The van der Waals surface area contributed by atoms with E-state index in [0.29, 0.717) is 50.9 Å². The lowest BCUT2D eigenvalue weighted by Gasteiger charge is -2.66. The standard InChI is InChI=1S/C35H62O13S/c1-18(2)20(11-14-36)8-7-19(3)26-29(48-49(42,43)44)28(40)31-34(26,5)13-10-25-33(4)12-9-21(15-22(33)23(37)16-35(25,31)41)47-32-30(45-6)27(39)24(38)17-46-32/h18-32,36-41H,7-17H2,1-6H3,(H,42,43,44). The molecular formula is C35H62O13S. The second-order valence-corrected chi connectivity index (χ2v) is 18.1. The highest BCUT2D eigenvalue weighted by Gasteiger charge is 2.73. The van der Waals surface area contributed by atoms with Crippen molar-refractivity contribution in [2.24, 2.45) is 52.3 Å². The molecule has 0 aromatic heterocycles. The Kier molecular flexibility index (Phi) is 11.9. The molecule has 286 valence electrons. The lowest BCUT2D eigenvalue weighted by atomic mass is 9.41. The summed E-state index contributed by atoms with van der Waals surface area (Å²) in [7, 11) is -3.52. The predicted octanol–water partition coefficient (Wildman–Crippen LogP) is 2.05. The maximum atomic E-state index is 12.9. The number of fused-ring (bicyclic) bond motifs is 5. The van der Waals surface area contributed by atoms with Crippen molar-refractivity contribution in [2.75, 3.05) is 20.3 Å². The van der Waals surface area contributed by atoms with Gasteiger partial charge in [-0.05, 0) is 91.3 Å². The number of rotatable bonds is 12. The summed E-state index contributed by atoms with van der Waals surface area (Å²) in [4.78, 5) is 0. The van der Waals surface area contributed by atoms with Crippen LogP contribution < -0.4 is 0 Å². The van der Waals surface area contributed by atoms with Gasteiger partial charge in [-0.3, -0.25) is 4.55 Å². The first kappa shape index (κ1) is 39.7. The van der Waals surface area contributed by atoms with Crippen molar-refractivity contribution in [3.8, 4) is 0 Å². The quantitative estimate of drug-likeness (QED) is 0.114. The molecule has 13 nitrogen and oxygen atoms in total. The third-order valence-corrected chi connectivity index (χ3v) is 14.6. The smallest absolute Gasteiger partial charge is 0.396 e. The number of ether oxygens (including phenoxy) is 3. The Bertz CT molecular complexity index is 1240. The molecule has 0 bridgehead atoms. The molecular weight excluding hydrogens is 660 g/mol. The van der Waals surface area contributed by atoms with E-state index in [1.54, 1.807) is 0 Å². The molecule has 4 saturated carbocycles. The summed E-state index contributed by atoms with van der Waals surface area (Å²) in [5.74, 6) is -1.43. The van der Waals surface area contributed by atoms with E-state index in [2.05, 4.69) is 20.8 Å². The second kappa shape index (κ2) is 14.7. The summed E-state index contributed by atoms with van der Waals surface area (Å²) in [6.45, 7) is 10.3. The van der Waals surface area contributed by atoms with Gasteiger partial charge in [-0.25, -0.2) is 4.18 Å². The topological polar surface area (TPSA) is 213 Å². The maximum Gasteiger partial charge on any atom is 0.397 e. The minimum Gasteiger partial charge on any atom is -0.396 e. The molecule has 14 heteroatoms. The zero-order chi connectivity index (χ0) is 36.3. The van der Waals surface area contributed by atoms with Crippen LogP contribution in [0.15, 0.2) is 0 Å². The molecule has 5 aliphatic rings. The van der Waals surface area contributed by atoms with Gasteiger partial charge in [-0.1, -0.05) is 41.0 Å². The van der Waals surface area contributed by atoms with Gasteiger partial charge in [-0.15, -0.1) is 0 Å². The highest BCUT2D eigenvalue weighted by Crippen LogP contribution is 2.70. The molecule has 17 atom stereocenters. The summed E-state index contributed by atoms with van der Waals surface area (Å²) in [6, 6.07) is 0. The molecule has 0 amide bonds. The van der Waals surface area contributed by atoms with E-state index in [1.807, 2.05) is 13.8 Å². The van der Waals surface area contributed by atoms with E-state index in [1.165, 1.54) is 7.11 Å². The van der Waals surface area contributed by atoms with Crippen molar-refractivity contribution in [3.63, 3.8) is 0 Å². The molecule has 7 N–H and O–H groups in total.